The summed E-state index contributed by atoms with van der Waals surface area (Å²) in [6.45, 7) is 3.57. The van der Waals surface area contributed by atoms with E-state index >= 15 is 0 Å². The summed E-state index contributed by atoms with van der Waals surface area (Å²) in [6.07, 6.45) is 1.40. The van der Waals surface area contributed by atoms with Gasteiger partial charge < -0.3 is 29.6 Å². The standard InChI is InChI=1S/C30H32N4O8/c1-4-40-26-16-20(17-32-34-27(35)18-31-29(37)23-8-6-7-9-24(23)39-3)10-15-25(26)42-19-28(36)33-22-13-11-21(12-14-22)30(38)41-5-2/h6-17H,4-5,18-19H2,1-3H3,(H,31,37)(H,33,36)(H,34,35). The maximum absolute atomic E-state index is 12.4. The Morgan fingerprint density at radius 2 is 1.60 bits per heavy atom. The van der Waals surface area contributed by atoms with E-state index in [1.807, 2.05) is 0 Å². The van der Waals surface area contributed by atoms with Gasteiger partial charge in [0.1, 0.15) is 5.75 Å². The molecular weight excluding hydrogens is 544 g/mol. The third-order valence-corrected chi connectivity index (χ3v) is 5.47. The molecule has 3 amide bonds. The van der Waals surface area contributed by atoms with Gasteiger partial charge in [-0.05, 0) is 74.0 Å². The van der Waals surface area contributed by atoms with E-state index in [0.29, 0.717) is 46.2 Å². The van der Waals surface area contributed by atoms with Crippen molar-refractivity contribution in [3.05, 3.63) is 83.4 Å². The number of hydrazone groups is 1. The van der Waals surface area contributed by atoms with Crippen molar-refractivity contribution >= 4 is 35.6 Å². The van der Waals surface area contributed by atoms with Gasteiger partial charge >= 0.3 is 5.97 Å². The second-order valence-electron chi connectivity index (χ2n) is 8.45. The molecule has 3 N–H and O–H groups in total. The first kappa shape index (κ1) is 31.1. The van der Waals surface area contributed by atoms with Crippen LogP contribution in [0.25, 0.3) is 0 Å². The lowest BCUT2D eigenvalue weighted by Gasteiger charge is -2.13. The molecular formula is C30H32N4O8. The van der Waals surface area contributed by atoms with Crippen molar-refractivity contribution in [3.63, 3.8) is 0 Å². The zero-order valence-electron chi connectivity index (χ0n) is 23.5. The fourth-order valence-corrected chi connectivity index (χ4v) is 3.54. The smallest absolute Gasteiger partial charge is 0.338 e. The number of hydrogen-bond acceptors (Lipinski definition) is 9. The third-order valence-electron chi connectivity index (χ3n) is 5.47. The average Bonchev–Trinajstić information content (AvgIpc) is 3.00. The molecule has 0 saturated heterocycles. The van der Waals surface area contributed by atoms with Gasteiger partial charge in [0.25, 0.3) is 17.7 Å². The van der Waals surface area contributed by atoms with Crippen LogP contribution in [-0.2, 0) is 14.3 Å². The molecule has 0 unspecified atom stereocenters. The highest BCUT2D eigenvalue weighted by Crippen LogP contribution is 2.28. The number of carbonyl (C=O) groups excluding carboxylic acids is 4. The first-order valence-corrected chi connectivity index (χ1v) is 13.0. The second kappa shape index (κ2) is 16.0. The molecule has 0 aliphatic rings. The maximum Gasteiger partial charge on any atom is 0.338 e. The van der Waals surface area contributed by atoms with Crippen LogP contribution < -0.4 is 30.3 Å². The van der Waals surface area contributed by atoms with Crippen molar-refractivity contribution in [2.45, 2.75) is 13.8 Å². The third kappa shape index (κ3) is 9.37. The normalized spacial score (nSPS) is 10.5. The summed E-state index contributed by atoms with van der Waals surface area (Å²) in [7, 11) is 1.46. The number of amides is 3. The van der Waals surface area contributed by atoms with Gasteiger partial charge in [-0.2, -0.15) is 5.10 Å². The van der Waals surface area contributed by atoms with E-state index in [-0.39, 0.29) is 19.8 Å². The van der Waals surface area contributed by atoms with Crippen molar-refractivity contribution in [2.24, 2.45) is 5.10 Å². The summed E-state index contributed by atoms with van der Waals surface area (Å²) in [5, 5.41) is 9.12. The highest BCUT2D eigenvalue weighted by atomic mass is 16.5. The van der Waals surface area contributed by atoms with E-state index in [1.165, 1.54) is 13.3 Å². The first-order chi connectivity index (χ1) is 20.3. The number of nitrogens with zero attached hydrogens (tertiary/aromatic N) is 1. The Balaban J connectivity index is 1.50. The molecule has 220 valence electrons. The van der Waals surface area contributed by atoms with Crippen molar-refractivity contribution in [1.29, 1.82) is 0 Å². The van der Waals surface area contributed by atoms with Gasteiger partial charge in [-0.1, -0.05) is 12.1 Å². The number of anilines is 1. The largest absolute Gasteiger partial charge is 0.496 e. The summed E-state index contributed by atoms with van der Waals surface area (Å²) in [5.74, 6) is -0.716. The Hall–Kier alpha value is -5.39. The van der Waals surface area contributed by atoms with Crippen LogP contribution >= 0.6 is 0 Å². The first-order valence-electron chi connectivity index (χ1n) is 13.0. The molecule has 3 aromatic rings. The second-order valence-corrected chi connectivity index (χ2v) is 8.45. The number of benzene rings is 3. The molecule has 0 fully saturated rings. The number of esters is 1. The zero-order valence-corrected chi connectivity index (χ0v) is 23.5. The van der Waals surface area contributed by atoms with Crippen LogP contribution in [0.15, 0.2) is 71.8 Å². The molecule has 12 heteroatoms. The molecule has 3 rings (SSSR count). The molecule has 0 saturated carbocycles. The van der Waals surface area contributed by atoms with Crippen molar-refractivity contribution in [1.82, 2.24) is 10.7 Å². The van der Waals surface area contributed by atoms with Crippen molar-refractivity contribution < 1.29 is 38.1 Å². The average molecular weight is 577 g/mol. The number of hydrogen-bond donors (Lipinski definition) is 3. The Kier molecular flexibility index (Phi) is 11.9. The molecule has 0 spiro atoms. The monoisotopic (exact) mass is 576 g/mol. The number of rotatable bonds is 14. The molecule has 0 bridgehead atoms. The Labute approximate surface area is 243 Å². The summed E-state index contributed by atoms with van der Waals surface area (Å²) in [6, 6.07) is 17.9. The van der Waals surface area contributed by atoms with Crippen LogP contribution in [0.5, 0.6) is 17.2 Å². The Morgan fingerprint density at radius 1 is 0.833 bits per heavy atom. The molecule has 3 aromatic carbocycles. The van der Waals surface area contributed by atoms with E-state index in [1.54, 1.807) is 80.6 Å². The highest BCUT2D eigenvalue weighted by Gasteiger charge is 2.13. The van der Waals surface area contributed by atoms with Crippen molar-refractivity contribution in [2.75, 3.05) is 38.8 Å². The van der Waals surface area contributed by atoms with E-state index < -0.39 is 23.7 Å². The van der Waals surface area contributed by atoms with Crippen LogP contribution in [-0.4, -0.2) is 63.4 Å². The number of para-hydroxylation sites is 1. The SMILES string of the molecule is CCOC(=O)c1ccc(NC(=O)COc2ccc(C=NNC(=O)CNC(=O)c3ccccc3OC)cc2OCC)cc1. The van der Waals surface area contributed by atoms with E-state index in [0.717, 1.165) is 0 Å². The summed E-state index contributed by atoms with van der Waals surface area (Å²) < 4.78 is 21.4. The van der Waals surface area contributed by atoms with Crippen LogP contribution in [0, 0.1) is 0 Å². The lowest BCUT2D eigenvalue weighted by molar-refractivity contribution is -0.120. The number of ether oxygens (including phenoxy) is 4. The Morgan fingerprint density at radius 3 is 2.31 bits per heavy atom. The van der Waals surface area contributed by atoms with Crippen LogP contribution in [0.4, 0.5) is 5.69 Å². The maximum atomic E-state index is 12.4. The quantitative estimate of drug-likeness (QED) is 0.150. The lowest BCUT2D eigenvalue weighted by atomic mass is 10.2. The molecule has 0 atom stereocenters. The molecule has 0 heterocycles. The lowest BCUT2D eigenvalue weighted by Crippen LogP contribution is -2.35. The number of nitrogens with one attached hydrogen (secondary N) is 3. The van der Waals surface area contributed by atoms with Crippen molar-refractivity contribution in [3.8, 4) is 17.2 Å². The molecule has 0 radical (unpaired) electrons. The molecule has 0 aromatic heterocycles. The van der Waals surface area contributed by atoms with Gasteiger partial charge in [0.15, 0.2) is 18.1 Å². The fraction of sp³-hybridized carbons (Fsp3) is 0.233. The van der Waals surface area contributed by atoms with E-state index in [4.69, 9.17) is 18.9 Å². The zero-order chi connectivity index (χ0) is 30.3. The van der Waals surface area contributed by atoms with Gasteiger partial charge in [0.05, 0.1) is 44.2 Å². The minimum Gasteiger partial charge on any atom is -0.496 e. The summed E-state index contributed by atoms with van der Waals surface area (Å²) in [4.78, 5) is 48.6. The van der Waals surface area contributed by atoms with E-state index in [2.05, 4.69) is 21.2 Å². The van der Waals surface area contributed by atoms with Gasteiger partial charge in [0, 0.05) is 5.69 Å². The summed E-state index contributed by atoms with van der Waals surface area (Å²) in [5.41, 5.74) is 4.12. The minimum atomic E-state index is -0.527. The number of carbonyl (C=O) groups is 4. The van der Waals surface area contributed by atoms with E-state index in [9.17, 15) is 19.2 Å². The van der Waals surface area contributed by atoms with Crippen LogP contribution in [0.1, 0.15) is 40.1 Å². The molecule has 42 heavy (non-hydrogen) atoms. The Bertz CT molecular complexity index is 1420. The fourth-order valence-electron chi connectivity index (χ4n) is 3.54. The van der Waals surface area contributed by atoms with Gasteiger partial charge in [-0.15, -0.1) is 0 Å². The predicted molar refractivity (Wildman–Crippen MR) is 155 cm³/mol. The molecule has 0 aliphatic carbocycles. The van der Waals surface area contributed by atoms with Gasteiger partial charge in [-0.25, -0.2) is 10.2 Å². The van der Waals surface area contributed by atoms with Crippen LogP contribution in [0.2, 0.25) is 0 Å². The molecule has 12 nitrogen and oxygen atoms in total. The van der Waals surface area contributed by atoms with Gasteiger partial charge in [0.2, 0.25) is 0 Å². The highest BCUT2D eigenvalue weighted by molar-refractivity contribution is 5.99. The predicted octanol–water partition coefficient (Wildman–Crippen LogP) is 3.17. The summed E-state index contributed by atoms with van der Waals surface area (Å²) >= 11 is 0. The topological polar surface area (TPSA) is 154 Å². The van der Waals surface area contributed by atoms with Crippen LogP contribution in [0.3, 0.4) is 0 Å². The molecule has 0 aliphatic heterocycles. The minimum absolute atomic E-state index is 0.274. The van der Waals surface area contributed by atoms with Gasteiger partial charge in [-0.3, -0.25) is 14.4 Å². The number of methoxy groups -OCH3 is 1.